The van der Waals surface area contributed by atoms with E-state index in [4.69, 9.17) is 5.10 Å². The first-order chi connectivity index (χ1) is 17.2. The van der Waals surface area contributed by atoms with Crippen LogP contribution in [-0.2, 0) is 17.9 Å². The fraction of sp³-hybridized carbons (Fsp3) is 0.259. The number of rotatable bonds is 7. The van der Waals surface area contributed by atoms with Crippen LogP contribution in [0, 0.1) is 5.92 Å². The van der Waals surface area contributed by atoms with Gasteiger partial charge in [0.1, 0.15) is 5.69 Å². The molecule has 0 atom stereocenters. The number of amides is 2. The van der Waals surface area contributed by atoms with Crippen LogP contribution in [0.2, 0.25) is 0 Å². The first-order valence-electron chi connectivity index (χ1n) is 11.8. The third kappa shape index (κ3) is 5.49. The van der Waals surface area contributed by atoms with E-state index < -0.39 is 0 Å². The molecule has 1 N–H and O–H groups in total. The number of carbonyl (C=O) groups excluding carboxylic acids is 2. The van der Waals surface area contributed by atoms with Crippen LogP contribution in [0.3, 0.4) is 0 Å². The number of nitrogens with zero attached hydrogens (tertiary/aromatic N) is 4. The van der Waals surface area contributed by atoms with Crippen LogP contribution in [0.1, 0.15) is 34.3 Å². The average molecular weight is 486 g/mol. The van der Waals surface area contributed by atoms with Crippen LogP contribution in [0.5, 0.6) is 0 Å². The molecule has 1 aromatic carbocycles. The Kier molecular flexibility index (Phi) is 6.99. The molecule has 1 fully saturated rings. The summed E-state index contributed by atoms with van der Waals surface area (Å²) >= 11 is 1.58. The summed E-state index contributed by atoms with van der Waals surface area (Å²) in [6.45, 7) is 2.18. The van der Waals surface area contributed by atoms with E-state index in [1.807, 2.05) is 63.6 Å². The summed E-state index contributed by atoms with van der Waals surface area (Å²) in [7, 11) is 0. The second-order valence-electron chi connectivity index (χ2n) is 8.70. The van der Waals surface area contributed by atoms with Crippen molar-refractivity contribution in [3.05, 3.63) is 95.3 Å². The normalized spacial score (nSPS) is 14.1. The highest BCUT2D eigenvalue weighted by Crippen LogP contribution is 2.29. The molecule has 0 bridgehead atoms. The predicted molar refractivity (Wildman–Crippen MR) is 136 cm³/mol. The Hall–Kier alpha value is -3.78. The summed E-state index contributed by atoms with van der Waals surface area (Å²) in [4.78, 5) is 33.1. The second-order valence-corrected chi connectivity index (χ2v) is 9.65. The van der Waals surface area contributed by atoms with Gasteiger partial charge in [-0.25, -0.2) is 0 Å². The Balaban J connectivity index is 1.25. The van der Waals surface area contributed by atoms with Crippen LogP contribution < -0.4 is 5.32 Å². The molecule has 0 radical (unpaired) electrons. The molecule has 8 heteroatoms. The highest BCUT2D eigenvalue weighted by Gasteiger charge is 2.30. The van der Waals surface area contributed by atoms with Crippen molar-refractivity contribution in [3.63, 3.8) is 0 Å². The molecule has 1 aliphatic rings. The number of hydrogen-bond acceptors (Lipinski definition) is 5. The van der Waals surface area contributed by atoms with Crippen molar-refractivity contribution in [1.82, 2.24) is 25.0 Å². The minimum atomic E-state index is -0.0895. The lowest BCUT2D eigenvalue weighted by Gasteiger charge is -2.31. The van der Waals surface area contributed by atoms with Crippen LogP contribution in [0.15, 0.2) is 78.6 Å². The number of thiophene rings is 1. The number of aromatic nitrogens is 3. The van der Waals surface area contributed by atoms with E-state index in [0.29, 0.717) is 44.6 Å². The minimum Gasteiger partial charge on any atom is -0.352 e. The molecule has 3 aromatic heterocycles. The summed E-state index contributed by atoms with van der Waals surface area (Å²) < 4.78 is 1.84. The third-order valence-corrected chi connectivity index (χ3v) is 7.15. The van der Waals surface area contributed by atoms with Crippen molar-refractivity contribution in [2.24, 2.45) is 5.92 Å². The van der Waals surface area contributed by atoms with Gasteiger partial charge < -0.3 is 10.2 Å². The van der Waals surface area contributed by atoms with Crippen molar-refractivity contribution in [2.75, 3.05) is 13.1 Å². The molecule has 0 spiro atoms. The number of piperidine rings is 1. The second kappa shape index (κ2) is 10.7. The van der Waals surface area contributed by atoms with Crippen LogP contribution in [0.4, 0.5) is 0 Å². The van der Waals surface area contributed by atoms with Crippen LogP contribution in [-0.4, -0.2) is 44.6 Å². The van der Waals surface area contributed by atoms with E-state index in [1.165, 1.54) is 0 Å². The lowest BCUT2D eigenvalue weighted by Crippen LogP contribution is -2.43. The van der Waals surface area contributed by atoms with Crippen molar-refractivity contribution in [2.45, 2.75) is 25.9 Å². The number of likely N-dealkylation sites (tertiary alicyclic amines) is 1. The van der Waals surface area contributed by atoms with Crippen molar-refractivity contribution >= 4 is 23.2 Å². The number of pyridine rings is 1. The van der Waals surface area contributed by atoms with Gasteiger partial charge in [0, 0.05) is 44.1 Å². The monoisotopic (exact) mass is 485 g/mol. The average Bonchev–Trinajstić information content (AvgIpc) is 3.58. The molecular formula is C27H27N5O2S. The molecule has 4 heterocycles. The van der Waals surface area contributed by atoms with Gasteiger partial charge in [-0.3, -0.25) is 19.3 Å². The van der Waals surface area contributed by atoms with Gasteiger partial charge in [0.05, 0.1) is 17.0 Å². The first kappa shape index (κ1) is 23.0. The Bertz CT molecular complexity index is 1260. The Morgan fingerprint density at radius 1 is 1.00 bits per heavy atom. The van der Waals surface area contributed by atoms with Gasteiger partial charge in [-0.2, -0.15) is 5.10 Å². The van der Waals surface area contributed by atoms with Gasteiger partial charge in [-0.15, -0.1) is 11.3 Å². The topological polar surface area (TPSA) is 80.1 Å². The summed E-state index contributed by atoms with van der Waals surface area (Å²) in [5.41, 5.74) is 3.44. The van der Waals surface area contributed by atoms with E-state index in [1.54, 1.807) is 23.7 Å². The zero-order valence-corrected chi connectivity index (χ0v) is 20.2. The van der Waals surface area contributed by atoms with Crippen molar-refractivity contribution < 1.29 is 9.59 Å². The maximum absolute atomic E-state index is 13.5. The molecule has 1 aliphatic heterocycles. The Labute approximate surface area is 208 Å². The molecule has 35 heavy (non-hydrogen) atoms. The molecule has 178 valence electrons. The lowest BCUT2D eigenvalue weighted by atomic mass is 9.95. The molecule has 2 amide bonds. The number of benzene rings is 1. The first-order valence-corrected chi connectivity index (χ1v) is 12.7. The number of nitrogens with one attached hydrogen (secondary N) is 1. The van der Waals surface area contributed by atoms with E-state index >= 15 is 0 Å². The van der Waals surface area contributed by atoms with E-state index in [0.717, 1.165) is 21.7 Å². The summed E-state index contributed by atoms with van der Waals surface area (Å²) in [5.74, 6) is -0.0777. The van der Waals surface area contributed by atoms with E-state index in [2.05, 4.69) is 22.4 Å². The van der Waals surface area contributed by atoms with Crippen molar-refractivity contribution in [3.8, 4) is 10.6 Å². The molecule has 4 aromatic rings. The zero-order valence-electron chi connectivity index (χ0n) is 19.3. The van der Waals surface area contributed by atoms with Crippen LogP contribution in [0.25, 0.3) is 10.6 Å². The number of carbonyl (C=O) groups is 2. The quantitative estimate of drug-likeness (QED) is 0.425. The van der Waals surface area contributed by atoms with Gasteiger partial charge in [0.2, 0.25) is 5.91 Å². The molecular weight excluding hydrogens is 458 g/mol. The lowest BCUT2D eigenvalue weighted by molar-refractivity contribution is -0.126. The van der Waals surface area contributed by atoms with E-state index in [-0.39, 0.29) is 17.7 Å². The standard InChI is InChI=1S/C27H27N5O2S/c33-26(29-17-21-8-4-12-28-16-21)22-10-13-31(14-11-22)27(34)23-19-32(18-20-6-2-1-3-7-20)30-25(23)24-9-5-15-35-24/h1-9,12,15-16,19,22H,10-11,13-14,17-18H2,(H,29,33). The fourth-order valence-electron chi connectivity index (χ4n) is 4.38. The molecule has 7 nitrogen and oxygen atoms in total. The van der Waals surface area contributed by atoms with Gasteiger partial charge in [0.15, 0.2) is 0 Å². The molecule has 5 rings (SSSR count). The molecule has 0 aliphatic carbocycles. The summed E-state index contributed by atoms with van der Waals surface area (Å²) in [6.07, 6.45) is 6.63. The highest BCUT2D eigenvalue weighted by atomic mass is 32.1. The summed E-state index contributed by atoms with van der Waals surface area (Å²) in [5, 5.41) is 9.77. The molecule has 0 saturated carbocycles. The molecule has 0 unspecified atom stereocenters. The molecule has 1 saturated heterocycles. The fourth-order valence-corrected chi connectivity index (χ4v) is 5.10. The smallest absolute Gasteiger partial charge is 0.257 e. The zero-order chi connectivity index (χ0) is 24.0. The van der Waals surface area contributed by atoms with Gasteiger partial charge in [-0.05, 0) is 41.5 Å². The predicted octanol–water partition coefficient (Wildman–Crippen LogP) is 4.22. The Morgan fingerprint density at radius 3 is 2.51 bits per heavy atom. The van der Waals surface area contributed by atoms with E-state index in [9.17, 15) is 9.59 Å². The van der Waals surface area contributed by atoms with Gasteiger partial charge in [0.25, 0.3) is 5.91 Å². The summed E-state index contributed by atoms with van der Waals surface area (Å²) in [6, 6.07) is 17.9. The SMILES string of the molecule is O=C(NCc1cccnc1)C1CCN(C(=O)c2cn(Cc3ccccc3)nc2-c2cccs2)CC1. The number of hydrogen-bond donors (Lipinski definition) is 1. The van der Waals surface area contributed by atoms with Gasteiger partial charge >= 0.3 is 0 Å². The largest absolute Gasteiger partial charge is 0.352 e. The minimum absolute atomic E-state index is 0.0260. The van der Waals surface area contributed by atoms with Crippen molar-refractivity contribution in [1.29, 1.82) is 0 Å². The highest BCUT2D eigenvalue weighted by molar-refractivity contribution is 7.13. The van der Waals surface area contributed by atoms with Gasteiger partial charge in [-0.1, -0.05) is 42.5 Å². The third-order valence-electron chi connectivity index (χ3n) is 6.28. The van der Waals surface area contributed by atoms with Crippen LogP contribution >= 0.6 is 11.3 Å². The maximum atomic E-state index is 13.5. The maximum Gasteiger partial charge on any atom is 0.257 e. The Morgan fingerprint density at radius 2 is 1.80 bits per heavy atom.